The summed E-state index contributed by atoms with van der Waals surface area (Å²) < 4.78 is 1.14. The molecule has 0 aromatic heterocycles. The second-order valence-electron chi connectivity index (χ2n) is 5.62. The molecule has 0 radical (unpaired) electrons. The standard InChI is InChI=1S/C13H20BrClSi/c1-16(2,3)10-12(9-15)8-11-4-6-13(14)7-5-11/h4-7,12H,8-10H2,1-3H3. The van der Waals surface area contributed by atoms with Gasteiger partial charge in [0, 0.05) is 18.4 Å². The van der Waals surface area contributed by atoms with Gasteiger partial charge in [-0.3, -0.25) is 0 Å². The third-order valence-electron chi connectivity index (χ3n) is 2.56. The Balaban J connectivity index is 2.60. The molecule has 0 N–H and O–H groups in total. The highest BCUT2D eigenvalue weighted by atomic mass is 79.9. The van der Waals surface area contributed by atoms with Crippen molar-refractivity contribution in [1.82, 2.24) is 0 Å². The van der Waals surface area contributed by atoms with Gasteiger partial charge in [-0.15, -0.1) is 11.6 Å². The normalized spacial score (nSPS) is 13.8. The van der Waals surface area contributed by atoms with Gasteiger partial charge in [0.2, 0.25) is 0 Å². The van der Waals surface area contributed by atoms with Crippen molar-refractivity contribution in [3.05, 3.63) is 34.3 Å². The fourth-order valence-corrected chi connectivity index (χ4v) is 4.69. The molecule has 0 aliphatic rings. The summed E-state index contributed by atoms with van der Waals surface area (Å²) in [6.45, 7) is 7.23. The van der Waals surface area contributed by atoms with Crippen LogP contribution in [-0.2, 0) is 6.42 Å². The van der Waals surface area contributed by atoms with Gasteiger partial charge in [-0.2, -0.15) is 0 Å². The van der Waals surface area contributed by atoms with Gasteiger partial charge in [0.25, 0.3) is 0 Å². The largest absolute Gasteiger partial charge is 0.126 e. The van der Waals surface area contributed by atoms with Crippen molar-refractivity contribution in [3.8, 4) is 0 Å². The summed E-state index contributed by atoms with van der Waals surface area (Å²) in [4.78, 5) is 0. The number of benzene rings is 1. The third-order valence-corrected chi connectivity index (χ3v) is 5.32. The molecule has 90 valence electrons. The van der Waals surface area contributed by atoms with Crippen LogP contribution in [0.4, 0.5) is 0 Å². The predicted octanol–water partition coefficient (Wildman–Crippen LogP) is 5.18. The molecule has 16 heavy (non-hydrogen) atoms. The van der Waals surface area contributed by atoms with E-state index in [-0.39, 0.29) is 0 Å². The summed E-state index contributed by atoms with van der Waals surface area (Å²) in [5, 5.41) is 0. The minimum Gasteiger partial charge on any atom is -0.126 e. The highest BCUT2D eigenvalue weighted by Crippen LogP contribution is 2.22. The molecule has 0 bridgehead atoms. The van der Waals surface area contributed by atoms with Crippen LogP contribution in [0.15, 0.2) is 28.7 Å². The Kier molecular flexibility index (Phi) is 5.55. The molecular formula is C13H20BrClSi. The van der Waals surface area contributed by atoms with E-state index in [2.05, 4.69) is 59.8 Å². The average molecular weight is 320 g/mol. The summed E-state index contributed by atoms with van der Waals surface area (Å²) in [5.41, 5.74) is 1.40. The molecular weight excluding hydrogens is 300 g/mol. The minimum atomic E-state index is -1.000. The van der Waals surface area contributed by atoms with Crippen LogP contribution in [0.5, 0.6) is 0 Å². The lowest BCUT2D eigenvalue weighted by molar-refractivity contribution is 0.643. The lowest BCUT2D eigenvalue weighted by atomic mass is 10.0. The summed E-state index contributed by atoms with van der Waals surface area (Å²) in [5.74, 6) is 1.41. The van der Waals surface area contributed by atoms with Gasteiger partial charge in [-0.25, -0.2) is 0 Å². The number of hydrogen-bond donors (Lipinski definition) is 0. The van der Waals surface area contributed by atoms with E-state index in [0.29, 0.717) is 5.92 Å². The van der Waals surface area contributed by atoms with Gasteiger partial charge < -0.3 is 0 Å². The van der Waals surface area contributed by atoms with Crippen LogP contribution in [-0.4, -0.2) is 14.0 Å². The first-order valence-corrected chi connectivity index (χ1v) is 10.7. The topological polar surface area (TPSA) is 0 Å². The van der Waals surface area contributed by atoms with Gasteiger partial charge >= 0.3 is 0 Å². The van der Waals surface area contributed by atoms with E-state index in [4.69, 9.17) is 11.6 Å². The van der Waals surface area contributed by atoms with E-state index in [9.17, 15) is 0 Å². The summed E-state index contributed by atoms with van der Waals surface area (Å²) in [7, 11) is -1.000. The molecule has 0 aliphatic heterocycles. The fraction of sp³-hybridized carbons (Fsp3) is 0.538. The first-order chi connectivity index (χ1) is 7.40. The molecule has 3 heteroatoms. The molecule has 0 saturated carbocycles. The number of hydrogen-bond acceptors (Lipinski definition) is 0. The fourth-order valence-electron chi connectivity index (χ4n) is 2.00. The second-order valence-corrected chi connectivity index (χ2v) is 12.4. The van der Waals surface area contributed by atoms with Crippen LogP contribution in [0.1, 0.15) is 5.56 Å². The summed E-state index contributed by atoms with van der Waals surface area (Å²) in [6.07, 6.45) is 1.11. The average Bonchev–Trinajstić information content (AvgIpc) is 2.18. The Bertz CT molecular complexity index is 316. The van der Waals surface area contributed by atoms with Gasteiger partial charge in [-0.05, 0) is 30.0 Å². The van der Waals surface area contributed by atoms with Crippen molar-refractivity contribution < 1.29 is 0 Å². The Labute approximate surface area is 114 Å². The Hall–Kier alpha value is 0.207. The van der Waals surface area contributed by atoms with E-state index in [1.165, 1.54) is 11.6 Å². The lowest BCUT2D eigenvalue weighted by Crippen LogP contribution is -2.25. The van der Waals surface area contributed by atoms with Crippen LogP contribution < -0.4 is 0 Å². The molecule has 0 amide bonds. The number of rotatable bonds is 5. The van der Waals surface area contributed by atoms with Crippen LogP contribution in [0, 0.1) is 5.92 Å². The van der Waals surface area contributed by atoms with E-state index in [1.807, 2.05) is 0 Å². The predicted molar refractivity (Wildman–Crippen MR) is 80.2 cm³/mol. The summed E-state index contributed by atoms with van der Waals surface area (Å²) in [6, 6.07) is 9.90. The molecule has 1 aromatic carbocycles. The molecule has 0 spiro atoms. The molecule has 0 saturated heterocycles. The third kappa shape index (κ3) is 5.51. The number of alkyl halides is 1. The van der Waals surface area contributed by atoms with Gasteiger partial charge in [0.05, 0.1) is 0 Å². The molecule has 0 fully saturated rings. The van der Waals surface area contributed by atoms with E-state index in [0.717, 1.165) is 16.8 Å². The van der Waals surface area contributed by atoms with Gasteiger partial charge in [0.15, 0.2) is 0 Å². The van der Waals surface area contributed by atoms with Crippen molar-refractivity contribution in [1.29, 1.82) is 0 Å². The first kappa shape index (κ1) is 14.3. The summed E-state index contributed by atoms with van der Waals surface area (Å²) >= 11 is 9.53. The molecule has 0 aliphatic carbocycles. The van der Waals surface area contributed by atoms with Crippen molar-refractivity contribution >= 4 is 35.6 Å². The second kappa shape index (κ2) is 6.22. The van der Waals surface area contributed by atoms with Crippen molar-refractivity contribution in [2.24, 2.45) is 5.92 Å². The van der Waals surface area contributed by atoms with Crippen molar-refractivity contribution in [2.75, 3.05) is 5.88 Å². The monoisotopic (exact) mass is 318 g/mol. The van der Waals surface area contributed by atoms with Crippen LogP contribution >= 0.6 is 27.5 Å². The van der Waals surface area contributed by atoms with Gasteiger partial charge in [0.1, 0.15) is 0 Å². The maximum atomic E-state index is 6.07. The van der Waals surface area contributed by atoms with E-state index < -0.39 is 8.07 Å². The zero-order valence-corrected chi connectivity index (χ0v) is 13.6. The molecule has 0 nitrogen and oxygen atoms in total. The quantitative estimate of drug-likeness (QED) is 0.518. The van der Waals surface area contributed by atoms with E-state index >= 15 is 0 Å². The molecule has 1 rings (SSSR count). The number of halogens is 2. The maximum Gasteiger partial charge on any atom is 0.0445 e. The van der Waals surface area contributed by atoms with Crippen LogP contribution in [0.3, 0.4) is 0 Å². The highest BCUT2D eigenvalue weighted by molar-refractivity contribution is 9.10. The highest BCUT2D eigenvalue weighted by Gasteiger charge is 2.20. The Morgan fingerprint density at radius 1 is 1.19 bits per heavy atom. The maximum absolute atomic E-state index is 6.07. The molecule has 0 heterocycles. The van der Waals surface area contributed by atoms with Gasteiger partial charge in [-0.1, -0.05) is 53.7 Å². The van der Waals surface area contributed by atoms with Crippen LogP contribution in [0.25, 0.3) is 0 Å². The lowest BCUT2D eigenvalue weighted by Gasteiger charge is -2.23. The minimum absolute atomic E-state index is 0.634. The zero-order valence-electron chi connectivity index (χ0n) is 10.3. The van der Waals surface area contributed by atoms with Crippen LogP contribution in [0.2, 0.25) is 25.7 Å². The smallest absolute Gasteiger partial charge is 0.0445 e. The first-order valence-electron chi connectivity index (χ1n) is 5.71. The van der Waals surface area contributed by atoms with Crippen molar-refractivity contribution in [2.45, 2.75) is 32.1 Å². The van der Waals surface area contributed by atoms with Crippen molar-refractivity contribution in [3.63, 3.8) is 0 Å². The molecule has 1 unspecified atom stereocenters. The van der Waals surface area contributed by atoms with E-state index in [1.54, 1.807) is 0 Å². The zero-order chi connectivity index (χ0) is 12.2. The molecule has 1 atom stereocenters. The Morgan fingerprint density at radius 3 is 2.19 bits per heavy atom. The Morgan fingerprint density at radius 2 is 1.75 bits per heavy atom. The molecule has 1 aromatic rings. The SMILES string of the molecule is C[Si](C)(C)CC(CCl)Cc1ccc(Br)cc1.